The molecule has 0 unspecified atom stereocenters. The van der Waals surface area contributed by atoms with Crippen LogP contribution in [0.1, 0.15) is 23.6 Å². The smallest absolute Gasteiger partial charge is 0.190 e. The average Bonchev–Trinajstić information content (AvgIpc) is 3.40. The Bertz CT molecular complexity index is 993. The molecule has 0 aliphatic carbocycles. The third-order valence-corrected chi connectivity index (χ3v) is 5.56. The van der Waals surface area contributed by atoms with Gasteiger partial charge in [0.25, 0.3) is 0 Å². The zero-order valence-corrected chi connectivity index (χ0v) is 16.9. The predicted octanol–water partition coefficient (Wildman–Crippen LogP) is 3.04. The number of hydrazine groups is 2. The molecule has 3 aromatic rings. The number of thiophene rings is 1. The van der Waals surface area contributed by atoms with Crippen LogP contribution >= 0.6 is 11.3 Å². The molecule has 0 radical (unpaired) electrons. The van der Waals surface area contributed by atoms with Gasteiger partial charge in [0, 0.05) is 43.0 Å². The Labute approximate surface area is 167 Å². The summed E-state index contributed by atoms with van der Waals surface area (Å²) in [5, 5.41) is 19.2. The fraction of sp³-hybridized carbons (Fsp3) is 0.333. The van der Waals surface area contributed by atoms with Crippen molar-refractivity contribution in [3.8, 4) is 11.3 Å². The molecule has 0 saturated carbocycles. The lowest BCUT2D eigenvalue weighted by Gasteiger charge is -2.24. The van der Waals surface area contributed by atoms with Crippen LogP contribution in [0.2, 0.25) is 0 Å². The lowest BCUT2D eigenvalue weighted by molar-refractivity contribution is 0.380. The van der Waals surface area contributed by atoms with Crippen LogP contribution in [-0.4, -0.2) is 44.7 Å². The molecule has 146 valence electrons. The standard InChI is InChI=1S/C18H23N9S/c1-4-20-14-6-13(28-16(14)7-19)11-27-18-17(24-25(27)3)21-9-15(23-18)12-8-22-26(5-2)10-12/h6-10,19-20H,4-5,11H2,1-3H3,(H,21,24). The highest BCUT2D eigenvalue weighted by Gasteiger charge is 2.28. The maximum atomic E-state index is 7.64. The largest absolute Gasteiger partial charge is 0.384 e. The van der Waals surface area contributed by atoms with Gasteiger partial charge in [-0.15, -0.1) is 16.5 Å². The maximum absolute atomic E-state index is 7.64. The van der Waals surface area contributed by atoms with E-state index in [9.17, 15) is 0 Å². The zero-order chi connectivity index (χ0) is 19.7. The number of hydrogen-bond donors (Lipinski definition) is 3. The van der Waals surface area contributed by atoms with Gasteiger partial charge in [-0.2, -0.15) is 5.10 Å². The average molecular weight is 398 g/mol. The second-order valence-electron chi connectivity index (χ2n) is 6.37. The predicted molar refractivity (Wildman–Crippen MR) is 113 cm³/mol. The number of nitrogens with one attached hydrogen (secondary N) is 3. The summed E-state index contributed by atoms with van der Waals surface area (Å²) >= 11 is 1.61. The molecule has 0 amide bonds. The minimum Gasteiger partial charge on any atom is -0.384 e. The Balaban J connectivity index is 1.63. The van der Waals surface area contributed by atoms with Crippen LogP contribution in [0.3, 0.4) is 0 Å². The quantitative estimate of drug-likeness (QED) is 0.527. The van der Waals surface area contributed by atoms with E-state index in [1.54, 1.807) is 17.5 Å². The van der Waals surface area contributed by atoms with E-state index in [1.807, 2.05) is 34.2 Å². The van der Waals surface area contributed by atoms with E-state index < -0.39 is 0 Å². The van der Waals surface area contributed by atoms with Crippen molar-refractivity contribution in [3.05, 3.63) is 34.4 Å². The number of aromatic nitrogens is 4. The topological polar surface area (TPSA) is 98.0 Å². The van der Waals surface area contributed by atoms with Gasteiger partial charge >= 0.3 is 0 Å². The fourth-order valence-corrected chi connectivity index (χ4v) is 4.05. The maximum Gasteiger partial charge on any atom is 0.190 e. The van der Waals surface area contributed by atoms with E-state index in [-0.39, 0.29) is 0 Å². The summed E-state index contributed by atoms with van der Waals surface area (Å²) in [7, 11) is 1.94. The molecule has 1 aliphatic heterocycles. The van der Waals surface area contributed by atoms with Gasteiger partial charge in [0.05, 0.1) is 35.2 Å². The summed E-state index contributed by atoms with van der Waals surface area (Å²) in [6.45, 7) is 6.38. The Morgan fingerprint density at radius 2 is 2.18 bits per heavy atom. The molecule has 4 heterocycles. The van der Waals surface area contributed by atoms with Gasteiger partial charge in [-0.25, -0.2) is 9.97 Å². The van der Waals surface area contributed by atoms with Crippen LogP contribution in [0, 0.1) is 5.41 Å². The molecular formula is C18H23N9S. The number of aryl methyl sites for hydroxylation is 1. The Hall–Kier alpha value is -2.98. The van der Waals surface area contributed by atoms with Gasteiger partial charge in [-0.05, 0) is 19.9 Å². The summed E-state index contributed by atoms with van der Waals surface area (Å²) in [4.78, 5) is 11.4. The monoisotopic (exact) mass is 397 g/mol. The molecular weight excluding hydrogens is 374 g/mol. The molecule has 1 aliphatic rings. The van der Waals surface area contributed by atoms with E-state index >= 15 is 0 Å². The van der Waals surface area contributed by atoms with Crippen molar-refractivity contribution >= 4 is 34.9 Å². The summed E-state index contributed by atoms with van der Waals surface area (Å²) < 4.78 is 1.87. The van der Waals surface area contributed by atoms with Gasteiger partial charge in [0.1, 0.15) is 0 Å². The van der Waals surface area contributed by atoms with Crippen LogP contribution in [0.25, 0.3) is 11.3 Å². The zero-order valence-electron chi connectivity index (χ0n) is 16.1. The van der Waals surface area contributed by atoms with Gasteiger partial charge in [-0.3, -0.25) is 15.1 Å². The molecule has 10 heteroatoms. The van der Waals surface area contributed by atoms with Gasteiger partial charge in [0.2, 0.25) is 0 Å². The van der Waals surface area contributed by atoms with Crippen molar-refractivity contribution in [2.75, 3.05) is 29.3 Å². The minimum atomic E-state index is 0.639. The summed E-state index contributed by atoms with van der Waals surface area (Å²) in [6, 6.07) is 2.10. The van der Waals surface area contributed by atoms with Crippen LogP contribution < -0.4 is 15.8 Å². The third kappa shape index (κ3) is 3.32. The molecule has 4 rings (SSSR count). The lowest BCUT2D eigenvalue weighted by Crippen LogP contribution is -2.37. The molecule has 0 fully saturated rings. The van der Waals surface area contributed by atoms with Crippen LogP contribution in [0.5, 0.6) is 0 Å². The number of rotatable bonds is 7. The first kappa shape index (κ1) is 18.4. The molecule has 3 aromatic heterocycles. The summed E-state index contributed by atoms with van der Waals surface area (Å²) in [5.41, 5.74) is 5.97. The SMILES string of the molecule is CCNc1cc(CN2c3nc(-c4cnn(CC)c4)cnc3NN2C)sc1C=N. The molecule has 0 aromatic carbocycles. The Morgan fingerprint density at radius 1 is 1.32 bits per heavy atom. The molecule has 28 heavy (non-hydrogen) atoms. The second-order valence-corrected chi connectivity index (χ2v) is 7.54. The highest BCUT2D eigenvalue weighted by molar-refractivity contribution is 7.14. The molecule has 0 spiro atoms. The highest BCUT2D eigenvalue weighted by atomic mass is 32.1. The van der Waals surface area contributed by atoms with Gasteiger partial charge < -0.3 is 10.7 Å². The van der Waals surface area contributed by atoms with Crippen LogP contribution in [-0.2, 0) is 13.1 Å². The Morgan fingerprint density at radius 3 is 2.89 bits per heavy atom. The number of nitrogens with zero attached hydrogens (tertiary/aromatic N) is 6. The normalized spacial score (nSPS) is 13.5. The lowest BCUT2D eigenvalue weighted by atomic mass is 10.2. The molecule has 0 bridgehead atoms. The summed E-state index contributed by atoms with van der Waals surface area (Å²) in [5.74, 6) is 1.50. The first-order valence-corrected chi connectivity index (χ1v) is 9.99. The fourth-order valence-electron chi connectivity index (χ4n) is 3.10. The summed E-state index contributed by atoms with van der Waals surface area (Å²) in [6.07, 6.45) is 6.96. The van der Waals surface area contributed by atoms with E-state index in [1.165, 1.54) is 6.21 Å². The van der Waals surface area contributed by atoms with Gasteiger partial charge in [0.15, 0.2) is 11.6 Å². The second kappa shape index (κ2) is 7.56. The minimum absolute atomic E-state index is 0.639. The van der Waals surface area contributed by atoms with E-state index in [0.717, 1.165) is 51.4 Å². The Kier molecular flexibility index (Phi) is 4.97. The molecule has 0 atom stereocenters. The van der Waals surface area contributed by atoms with Crippen molar-refractivity contribution in [2.45, 2.75) is 26.9 Å². The number of anilines is 3. The molecule has 3 N–H and O–H groups in total. The van der Waals surface area contributed by atoms with Crippen molar-refractivity contribution < 1.29 is 0 Å². The molecule has 0 saturated heterocycles. The molecule has 9 nitrogen and oxygen atoms in total. The van der Waals surface area contributed by atoms with Crippen molar-refractivity contribution in [1.82, 2.24) is 24.9 Å². The number of fused-ring (bicyclic) bond motifs is 1. The van der Waals surface area contributed by atoms with E-state index in [0.29, 0.717) is 6.54 Å². The highest BCUT2D eigenvalue weighted by Crippen LogP contribution is 2.34. The van der Waals surface area contributed by atoms with Crippen molar-refractivity contribution in [1.29, 1.82) is 5.41 Å². The third-order valence-electron chi connectivity index (χ3n) is 4.50. The van der Waals surface area contributed by atoms with Crippen molar-refractivity contribution in [3.63, 3.8) is 0 Å². The van der Waals surface area contributed by atoms with E-state index in [2.05, 4.69) is 40.7 Å². The first-order valence-electron chi connectivity index (χ1n) is 9.17. The van der Waals surface area contributed by atoms with Crippen molar-refractivity contribution in [2.24, 2.45) is 0 Å². The van der Waals surface area contributed by atoms with Crippen LogP contribution in [0.15, 0.2) is 24.7 Å². The van der Waals surface area contributed by atoms with Gasteiger partial charge in [-0.1, -0.05) is 0 Å². The number of hydrogen-bond acceptors (Lipinski definition) is 9. The van der Waals surface area contributed by atoms with Crippen LogP contribution in [0.4, 0.5) is 17.3 Å². The first-order chi connectivity index (χ1) is 13.6. The van der Waals surface area contributed by atoms with E-state index in [4.69, 9.17) is 10.4 Å².